The van der Waals surface area contributed by atoms with Gasteiger partial charge in [-0.25, -0.2) is 0 Å². The minimum atomic E-state index is -0.234. The largest absolute Gasteiger partial charge is 0.466 e. The Morgan fingerprint density at radius 3 is 1.12 bits per heavy atom. The predicted molar refractivity (Wildman–Crippen MR) is 164 cm³/mol. The van der Waals surface area contributed by atoms with Crippen LogP contribution in [0.15, 0.2) is 0 Å². The van der Waals surface area contributed by atoms with Gasteiger partial charge in [0.2, 0.25) is 0 Å². The summed E-state index contributed by atoms with van der Waals surface area (Å²) in [6.45, 7) is 7.31. The van der Waals surface area contributed by atoms with Gasteiger partial charge in [-0.1, -0.05) is 117 Å². The van der Waals surface area contributed by atoms with Gasteiger partial charge >= 0.3 is 17.9 Å². The molecule has 0 bridgehead atoms. The Hall–Kier alpha value is -1.59. The highest BCUT2D eigenvalue weighted by atomic mass is 16.5. The Morgan fingerprint density at radius 2 is 0.750 bits per heavy atom. The number of esters is 3. The summed E-state index contributed by atoms with van der Waals surface area (Å²) in [4.78, 5) is 36.5. The molecule has 6 nitrogen and oxygen atoms in total. The third-order valence-corrected chi connectivity index (χ3v) is 7.37. The Morgan fingerprint density at radius 1 is 0.425 bits per heavy atom. The van der Waals surface area contributed by atoms with Crippen molar-refractivity contribution in [3.8, 4) is 0 Å². The molecular formula is C34H64O6. The molecule has 0 aromatic carbocycles. The molecule has 0 heterocycles. The topological polar surface area (TPSA) is 78.9 Å². The fourth-order valence-corrected chi connectivity index (χ4v) is 4.79. The molecule has 6 heteroatoms. The second-order valence-corrected chi connectivity index (χ2v) is 11.4. The van der Waals surface area contributed by atoms with E-state index in [1.54, 1.807) is 0 Å². The van der Waals surface area contributed by atoms with Crippen molar-refractivity contribution in [2.45, 2.75) is 187 Å². The van der Waals surface area contributed by atoms with Crippen molar-refractivity contribution in [3.63, 3.8) is 0 Å². The minimum absolute atomic E-state index is 0.135. The standard InChI is InChI=1S/C34H64O6/c1-4-7-10-13-16-19-26-32(35)38-29-22-24-31(40-34(37)28-21-18-15-12-9-6-3)25-23-30-39-33(36)27-20-17-14-11-8-5-2/h31H,4-30H2,1-3H3. The molecule has 0 aliphatic carbocycles. The number of ether oxygens (including phenoxy) is 3. The summed E-state index contributed by atoms with van der Waals surface area (Å²) in [6.07, 6.45) is 24.3. The Balaban J connectivity index is 4.27. The van der Waals surface area contributed by atoms with Gasteiger partial charge in [0, 0.05) is 19.3 Å². The second-order valence-electron chi connectivity index (χ2n) is 11.4. The lowest BCUT2D eigenvalue weighted by Gasteiger charge is -2.18. The smallest absolute Gasteiger partial charge is 0.306 e. The molecule has 0 aliphatic rings. The van der Waals surface area contributed by atoms with Crippen LogP contribution in [0.2, 0.25) is 0 Å². The summed E-state index contributed by atoms with van der Waals surface area (Å²) in [5.74, 6) is -0.422. The molecular weight excluding hydrogens is 504 g/mol. The Bertz CT molecular complexity index is 555. The van der Waals surface area contributed by atoms with E-state index in [1.807, 2.05) is 0 Å². The molecule has 0 rings (SSSR count). The minimum Gasteiger partial charge on any atom is -0.466 e. The molecule has 236 valence electrons. The van der Waals surface area contributed by atoms with E-state index in [9.17, 15) is 14.4 Å². The van der Waals surface area contributed by atoms with Crippen LogP contribution in [0, 0.1) is 0 Å². The van der Waals surface area contributed by atoms with Crippen molar-refractivity contribution < 1.29 is 28.6 Å². The lowest BCUT2D eigenvalue weighted by molar-refractivity contribution is -0.152. The van der Waals surface area contributed by atoms with E-state index in [2.05, 4.69) is 20.8 Å². The van der Waals surface area contributed by atoms with E-state index in [4.69, 9.17) is 14.2 Å². The van der Waals surface area contributed by atoms with Crippen LogP contribution in [0.5, 0.6) is 0 Å². The number of unbranched alkanes of at least 4 members (excludes halogenated alkanes) is 15. The van der Waals surface area contributed by atoms with Crippen LogP contribution in [0.25, 0.3) is 0 Å². The van der Waals surface area contributed by atoms with Crippen molar-refractivity contribution in [2.75, 3.05) is 13.2 Å². The van der Waals surface area contributed by atoms with E-state index < -0.39 is 0 Å². The third-order valence-electron chi connectivity index (χ3n) is 7.37. The molecule has 0 aliphatic heterocycles. The maximum Gasteiger partial charge on any atom is 0.306 e. The molecule has 0 spiro atoms. The molecule has 0 saturated heterocycles. The van der Waals surface area contributed by atoms with Crippen LogP contribution in [0.1, 0.15) is 181 Å². The van der Waals surface area contributed by atoms with Crippen molar-refractivity contribution >= 4 is 17.9 Å². The molecule has 0 aromatic heterocycles. The average molecular weight is 569 g/mol. The van der Waals surface area contributed by atoms with Gasteiger partial charge in [0.25, 0.3) is 0 Å². The van der Waals surface area contributed by atoms with E-state index >= 15 is 0 Å². The lowest BCUT2D eigenvalue weighted by Crippen LogP contribution is -2.20. The van der Waals surface area contributed by atoms with Crippen LogP contribution in [0.3, 0.4) is 0 Å². The van der Waals surface area contributed by atoms with Gasteiger partial charge in [0.15, 0.2) is 0 Å². The molecule has 0 aromatic rings. The first kappa shape index (κ1) is 38.4. The van der Waals surface area contributed by atoms with Gasteiger partial charge in [0.1, 0.15) is 6.10 Å². The summed E-state index contributed by atoms with van der Waals surface area (Å²) >= 11 is 0. The summed E-state index contributed by atoms with van der Waals surface area (Å²) in [7, 11) is 0. The van der Waals surface area contributed by atoms with Gasteiger partial charge in [-0.2, -0.15) is 0 Å². The van der Waals surface area contributed by atoms with Crippen molar-refractivity contribution in [1.82, 2.24) is 0 Å². The van der Waals surface area contributed by atoms with Gasteiger partial charge in [-0.15, -0.1) is 0 Å². The van der Waals surface area contributed by atoms with E-state index in [1.165, 1.54) is 77.0 Å². The SMILES string of the molecule is CCCCCCCCC(=O)OCCCC(CCCOC(=O)CCCCCCCC)OC(=O)CCCCCCCC. The number of carbonyl (C=O) groups is 3. The molecule has 0 amide bonds. The number of rotatable bonds is 30. The van der Waals surface area contributed by atoms with Crippen LogP contribution in [-0.4, -0.2) is 37.2 Å². The van der Waals surface area contributed by atoms with Crippen LogP contribution < -0.4 is 0 Å². The van der Waals surface area contributed by atoms with Crippen LogP contribution >= 0.6 is 0 Å². The second kappa shape index (κ2) is 30.4. The molecule has 0 saturated carbocycles. The maximum absolute atomic E-state index is 12.5. The first-order chi connectivity index (χ1) is 19.5. The molecule has 0 N–H and O–H groups in total. The Kier molecular flexibility index (Phi) is 29.2. The lowest BCUT2D eigenvalue weighted by atomic mass is 10.1. The first-order valence-electron chi connectivity index (χ1n) is 17.0. The van der Waals surface area contributed by atoms with Crippen molar-refractivity contribution in [2.24, 2.45) is 0 Å². The molecule has 0 atom stereocenters. The normalized spacial score (nSPS) is 11.1. The Labute approximate surface area is 247 Å². The summed E-state index contributed by atoms with van der Waals surface area (Å²) in [6, 6.07) is 0. The highest BCUT2D eigenvalue weighted by Gasteiger charge is 2.15. The van der Waals surface area contributed by atoms with Crippen LogP contribution in [-0.2, 0) is 28.6 Å². The summed E-state index contributed by atoms with van der Waals surface area (Å²) in [5.41, 5.74) is 0. The number of carbonyl (C=O) groups excluding carboxylic acids is 3. The zero-order valence-corrected chi connectivity index (χ0v) is 26.6. The molecule has 0 fully saturated rings. The van der Waals surface area contributed by atoms with Gasteiger partial charge < -0.3 is 14.2 Å². The number of hydrogen-bond donors (Lipinski definition) is 0. The van der Waals surface area contributed by atoms with Crippen molar-refractivity contribution in [1.29, 1.82) is 0 Å². The molecule has 0 radical (unpaired) electrons. The third kappa shape index (κ3) is 28.0. The maximum atomic E-state index is 12.5. The molecule has 0 unspecified atom stereocenters. The highest BCUT2D eigenvalue weighted by Crippen LogP contribution is 2.15. The van der Waals surface area contributed by atoms with Gasteiger partial charge in [-0.3, -0.25) is 14.4 Å². The average Bonchev–Trinajstić information content (AvgIpc) is 2.94. The molecule has 40 heavy (non-hydrogen) atoms. The monoisotopic (exact) mass is 568 g/mol. The van der Waals surface area contributed by atoms with Gasteiger partial charge in [0.05, 0.1) is 13.2 Å². The van der Waals surface area contributed by atoms with E-state index in [0.717, 1.165) is 38.5 Å². The summed E-state index contributed by atoms with van der Waals surface area (Å²) in [5, 5.41) is 0. The zero-order valence-electron chi connectivity index (χ0n) is 26.6. The number of hydrogen-bond acceptors (Lipinski definition) is 6. The van der Waals surface area contributed by atoms with Gasteiger partial charge in [-0.05, 0) is 44.9 Å². The van der Waals surface area contributed by atoms with E-state index in [0.29, 0.717) is 58.2 Å². The van der Waals surface area contributed by atoms with Crippen LogP contribution in [0.4, 0.5) is 0 Å². The summed E-state index contributed by atoms with van der Waals surface area (Å²) < 4.78 is 16.6. The zero-order chi connectivity index (χ0) is 29.5. The van der Waals surface area contributed by atoms with Crippen molar-refractivity contribution in [3.05, 3.63) is 0 Å². The highest BCUT2D eigenvalue weighted by molar-refractivity contribution is 5.70. The fraction of sp³-hybridized carbons (Fsp3) is 0.912. The first-order valence-corrected chi connectivity index (χ1v) is 17.0. The van der Waals surface area contributed by atoms with E-state index in [-0.39, 0.29) is 24.0 Å². The quantitative estimate of drug-likeness (QED) is 0.0487. The predicted octanol–water partition coefficient (Wildman–Crippen LogP) is 9.80. The fourth-order valence-electron chi connectivity index (χ4n) is 4.79.